The highest BCUT2D eigenvalue weighted by Crippen LogP contribution is 2.35. The van der Waals surface area contributed by atoms with Crippen LogP contribution in [0.4, 0.5) is 5.82 Å². The number of piperidine rings is 1. The number of fused-ring (bicyclic) bond motifs is 1. The third kappa shape index (κ3) is 3.87. The lowest BCUT2D eigenvalue weighted by atomic mass is 9.90. The molecule has 0 amide bonds. The Bertz CT molecular complexity index is 1020. The average Bonchev–Trinajstić information content (AvgIpc) is 2.96. The second-order valence-corrected chi connectivity index (χ2v) is 10.2. The number of anilines is 1. The van der Waals surface area contributed by atoms with Crippen LogP contribution in [0.5, 0.6) is 0 Å². The number of halogens is 1. The van der Waals surface area contributed by atoms with Crippen molar-refractivity contribution in [2.45, 2.75) is 53.4 Å². The van der Waals surface area contributed by atoms with Crippen LogP contribution in [0.1, 0.15) is 52.4 Å². The van der Waals surface area contributed by atoms with Crippen molar-refractivity contribution in [2.75, 3.05) is 18.0 Å². The van der Waals surface area contributed by atoms with Gasteiger partial charge in [0.05, 0.1) is 11.4 Å². The first-order valence-electron chi connectivity index (χ1n) is 10.5. The summed E-state index contributed by atoms with van der Waals surface area (Å²) in [6.45, 7) is 15.6. The maximum Gasteiger partial charge on any atom is 0.165 e. The molecule has 0 bridgehead atoms. The monoisotopic (exact) mass is 410 g/mol. The zero-order valence-electron chi connectivity index (χ0n) is 18.3. The summed E-state index contributed by atoms with van der Waals surface area (Å²) in [4.78, 5) is 7.60. The minimum Gasteiger partial charge on any atom is -0.356 e. The van der Waals surface area contributed by atoms with Gasteiger partial charge in [-0.3, -0.25) is 0 Å². The van der Waals surface area contributed by atoms with Crippen LogP contribution in [-0.4, -0.2) is 27.7 Å². The fourth-order valence-electron chi connectivity index (χ4n) is 4.52. The highest BCUT2D eigenvalue weighted by molar-refractivity contribution is 6.30. The first-order valence-corrected chi connectivity index (χ1v) is 10.9. The first kappa shape index (κ1) is 20.2. The van der Waals surface area contributed by atoms with Gasteiger partial charge in [0.15, 0.2) is 5.65 Å². The van der Waals surface area contributed by atoms with Gasteiger partial charge in [0.1, 0.15) is 5.82 Å². The van der Waals surface area contributed by atoms with Gasteiger partial charge in [-0.2, -0.15) is 9.61 Å². The molecule has 1 saturated heterocycles. The van der Waals surface area contributed by atoms with Gasteiger partial charge in [0, 0.05) is 35.2 Å². The molecule has 3 heterocycles. The number of nitrogens with zero attached hydrogens (tertiary/aromatic N) is 4. The molecule has 1 aliphatic rings. The number of hydrogen-bond donors (Lipinski definition) is 0. The largest absolute Gasteiger partial charge is 0.356 e. The Kier molecular flexibility index (Phi) is 5.10. The van der Waals surface area contributed by atoms with Crippen molar-refractivity contribution in [1.82, 2.24) is 14.6 Å². The molecular weight excluding hydrogens is 380 g/mol. The SMILES string of the molecule is Cc1nn2c(N3C[C@@H](C)C[C@H](C)C3)cc(C(C)(C)C)nc2c1-c1ccc(Cl)cc1. The smallest absolute Gasteiger partial charge is 0.165 e. The van der Waals surface area contributed by atoms with E-state index in [1.807, 2.05) is 12.1 Å². The van der Waals surface area contributed by atoms with Gasteiger partial charge < -0.3 is 4.90 Å². The van der Waals surface area contributed by atoms with Crippen molar-refractivity contribution in [1.29, 1.82) is 0 Å². The summed E-state index contributed by atoms with van der Waals surface area (Å²) in [7, 11) is 0. The predicted molar refractivity (Wildman–Crippen MR) is 122 cm³/mol. The van der Waals surface area contributed by atoms with Gasteiger partial charge in [-0.05, 0) is 42.9 Å². The fraction of sp³-hybridized carbons (Fsp3) is 0.500. The quantitative estimate of drug-likeness (QED) is 0.508. The van der Waals surface area contributed by atoms with Crippen LogP contribution < -0.4 is 4.90 Å². The highest BCUT2D eigenvalue weighted by atomic mass is 35.5. The standard InChI is InChI=1S/C24H31ClN4/c1-15-11-16(2)14-28(13-15)21-12-20(24(4,5)6)26-23-22(17(3)27-29(21)23)18-7-9-19(25)10-8-18/h7-10,12,15-16H,11,13-14H2,1-6H3/t15-,16-/m0/s1. The summed E-state index contributed by atoms with van der Waals surface area (Å²) in [5.74, 6) is 2.50. The molecule has 0 unspecified atom stereocenters. The summed E-state index contributed by atoms with van der Waals surface area (Å²) in [6.07, 6.45) is 1.28. The fourth-order valence-corrected chi connectivity index (χ4v) is 4.65. The van der Waals surface area contributed by atoms with Crippen molar-refractivity contribution in [3.63, 3.8) is 0 Å². The normalized spacial score (nSPS) is 20.4. The molecule has 5 heteroatoms. The van der Waals surface area contributed by atoms with E-state index >= 15 is 0 Å². The molecule has 2 aromatic heterocycles. The lowest BCUT2D eigenvalue weighted by Gasteiger charge is -2.37. The number of rotatable bonds is 2. The summed E-state index contributed by atoms with van der Waals surface area (Å²) in [5.41, 5.74) is 5.17. The Morgan fingerprint density at radius 2 is 1.66 bits per heavy atom. The van der Waals surface area contributed by atoms with Gasteiger partial charge in [0.2, 0.25) is 0 Å². The van der Waals surface area contributed by atoms with Crippen molar-refractivity contribution >= 4 is 23.1 Å². The number of aryl methyl sites for hydroxylation is 1. The second kappa shape index (κ2) is 7.32. The zero-order chi connectivity index (χ0) is 20.9. The van der Waals surface area contributed by atoms with Gasteiger partial charge >= 0.3 is 0 Å². The van der Waals surface area contributed by atoms with Crippen molar-refractivity contribution in [3.8, 4) is 11.1 Å². The summed E-state index contributed by atoms with van der Waals surface area (Å²) < 4.78 is 2.05. The first-order chi connectivity index (χ1) is 13.6. The molecule has 0 saturated carbocycles. The molecule has 1 fully saturated rings. The van der Waals surface area contributed by atoms with Crippen LogP contribution in [0.25, 0.3) is 16.8 Å². The van der Waals surface area contributed by atoms with Gasteiger partial charge in [0.25, 0.3) is 0 Å². The molecule has 29 heavy (non-hydrogen) atoms. The van der Waals surface area contributed by atoms with E-state index in [9.17, 15) is 0 Å². The minimum absolute atomic E-state index is 0.0427. The summed E-state index contributed by atoms with van der Waals surface area (Å²) in [6, 6.07) is 10.2. The topological polar surface area (TPSA) is 33.4 Å². The molecule has 0 aliphatic carbocycles. The van der Waals surface area contributed by atoms with E-state index in [0.29, 0.717) is 11.8 Å². The van der Waals surface area contributed by atoms with Gasteiger partial charge in [-0.25, -0.2) is 4.98 Å². The van der Waals surface area contributed by atoms with E-state index in [2.05, 4.69) is 69.2 Å². The van der Waals surface area contributed by atoms with E-state index in [1.165, 1.54) is 6.42 Å². The molecular formula is C24H31ClN4. The van der Waals surface area contributed by atoms with Crippen LogP contribution in [0.15, 0.2) is 30.3 Å². The summed E-state index contributed by atoms with van der Waals surface area (Å²) >= 11 is 6.13. The molecule has 2 atom stereocenters. The molecule has 0 spiro atoms. The van der Waals surface area contributed by atoms with Crippen molar-refractivity contribution < 1.29 is 0 Å². The van der Waals surface area contributed by atoms with E-state index < -0.39 is 0 Å². The zero-order valence-corrected chi connectivity index (χ0v) is 19.1. The maximum atomic E-state index is 6.13. The lowest BCUT2D eigenvalue weighted by Crippen LogP contribution is -2.40. The van der Waals surface area contributed by atoms with Crippen molar-refractivity contribution in [2.24, 2.45) is 11.8 Å². The third-order valence-corrected chi connectivity index (χ3v) is 6.09. The lowest BCUT2D eigenvalue weighted by molar-refractivity contribution is 0.354. The van der Waals surface area contributed by atoms with Crippen LogP contribution >= 0.6 is 11.6 Å². The number of aromatic nitrogens is 3. The highest BCUT2D eigenvalue weighted by Gasteiger charge is 2.28. The Labute approximate surface area is 178 Å². The van der Waals surface area contributed by atoms with Crippen LogP contribution in [0.3, 0.4) is 0 Å². The number of benzene rings is 1. The van der Waals surface area contributed by atoms with Gasteiger partial charge in [-0.15, -0.1) is 0 Å². The predicted octanol–water partition coefficient (Wildman–Crippen LogP) is 6.14. The number of hydrogen-bond acceptors (Lipinski definition) is 3. The Morgan fingerprint density at radius 1 is 1.03 bits per heavy atom. The Morgan fingerprint density at radius 3 is 2.24 bits per heavy atom. The molecule has 0 radical (unpaired) electrons. The summed E-state index contributed by atoms with van der Waals surface area (Å²) in [5, 5.41) is 5.68. The molecule has 154 valence electrons. The minimum atomic E-state index is -0.0427. The molecule has 3 aromatic rings. The van der Waals surface area contributed by atoms with Crippen LogP contribution in [-0.2, 0) is 5.41 Å². The Hall–Kier alpha value is -2.07. The second-order valence-electron chi connectivity index (χ2n) is 9.80. The van der Waals surface area contributed by atoms with E-state index in [4.69, 9.17) is 21.7 Å². The molecule has 4 nitrogen and oxygen atoms in total. The molecule has 1 aliphatic heterocycles. The van der Waals surface area contributed by atoms with E-state index in [1.54, 1.807) is 0 Å². The van der Waals surface area contributed by atoms with E-state index in [-0.39, 0.29) is 5.41 Å². The Balaban J connectivity index is 1.96. The van der Waals surface area contributed by atoms with Crippen molar-refractivity contribution in [3.05, 3.63) is 46.7 Å². The maximum absolute atomic E-state index is 6.13. The molecule has 1 aromatic carbocycles. The third-order valence-electron chi connectivity index (χ3n) is 5.84. The van der Waals surface area contributed by atoms with E-state index in [0.717, 1.165) is 52.1 Å². The van der Waals surface area contributed by atoms with Crippen LogP contribution in [0, 0.1) is 18.8 Å². The molecule has 4 rings (SSSR count). The molecule has 0 N–H and O–H groups in total. The average molecular weight is 411 g/mol. The van der Waals surface area contributed by atoms with Gasteiger partial charge in [-0.1, -0.05) is 58.4 Å². The van der Waals surface area contributed by atoms with Crippen LogP contribution in [0.2, 0.25) is 5.02 Å².